The molecule has 0 fully saturated rings. The molecule has 26 heavy (non-hydrogen) atoms. The first-order valence-electron chi connectivity index (χ1n) is 9.86. The number of rotatable bonds is 9. The zero-order valence-corrected chi connectivity index (χ0v) is 16.3. The standard InChI is InChI=1S/C22H31NO3/c1-4-6-7-8-9-10-15-20(24)21-17(3)16-23(22(25)26-5-2)19-14-12-11-13-18(19)21/h11-14,16,21H,4-10,15H2,1-3H3. The summed E-state index contributed by atoms with van der Waals surface area (Å²) in [4.78, 5) is 26.7. The van der Waals surface area contributed by atoms with Crippen LogP contribution in [0, 0.1) is 0 Å². The minimum absolute atomic E-state index is 0.241. The molecule has 0 saturated heterocycles. The molecular weight excluding hydrogens is 326 g/mol. The Bertz CT molecular complexity index is 651. The summed E-state index contributed by atoms with van der Waals surface area (Å²) in [7, 11) is 0. The van der Waals surface area contributed by atoms with Crippen LogP contribution in [0.4, 0.5) is 10.5 Å². The lowest BCUT2D eigenvalue weighted by Gasteiger charge is -2.31. The van der Waals surface area contributed by atoms with Crippen molar-refractivity contribution in [3.63, 3.8) is 0 Å². The monoisotopic (exact) mass is 357 g/mol. The van der Waals surface area contributed by atoms with E-state index in [9.17, 15) is 9.59 Å². The highest BCUT2D eigenvalue weighted by Crippen LogP contribution is 2.39. The molecule has 4 heteroatoms. The van der Waals surface area contributed by atoms with E-state index in [4.69, 9.17) is 4.74 Å². The van der Waals surface area contributed by atoms with Crippen LogP contribution in [0.1, 0.15) is 77.2 Å². The number of carbonyl (C=O) groups is 2. The van der Waals surface area contributed by atoms with Crippen LogP contribution >= 0.6 is 0 Å². The van der Waals surface area contributed by atoms with Gasteiger partial charge in [0.1, 0.15) is 5.78 Å². The van der Waals surface area contributed by atoms with Crippen LogP contribution < -0.4 is 4.90 Å². The number of ether oxygens (including phenoxy) is 1. The molecule has 4 nitrogen and oxygen atoms in total. The maximum Gasteiger partial charge on any atom is 0.418 e. The van der Waals surface area contributed by atoms with Gasteiger partial charge in [-0.2, -0.15) is 0 Å². The number of anilines is 1. The summed E-state index contributed by atoms with van der Waals surface area (Å²) in [5.41, 5.74) is 2.54. The van der Waals surface area contributed by atoms with Crippen molar-refractivity contribution in [3.8, 4) is 0 Å². The Balaban J connectivity index is 2.08. The van der Waals surface area contributed by atoms with E-state index in [1.54, 1.807) is 13.1 Å². The Morgan fingerprint density at radius 1 is 1.04 bits per heavy atom. The van der Waals surface area contributed by atoms with E-state index in [-0.39, 0.29) is 11.7 Å². The summed E-state index contributed by atoms with van der Waals surface area (Å²) in [5.74, 6) is -0.0160. The third-order valence-corrected chi connectivity index (χ3v) is 4.86. The molecule has 1 amide bonds. The van der Waals surface area contributed by atoms with E-state index in [1.165, 1.54) is 30.6 Å². The van der Waals surface area contributed by atoms with Crippen LogP contribution in [0.3, 0.4) is 0 Å². The minimum atomic E-state index is -0.402. The molecule has 0 saturated carbocycles. The molecule has 0 aromatic heterocycles. The number of amides is 1. The van der Waals surface area contributed by atoms with Crippen molar-refractivity contribution >= 4 is 17.6 Å². The quantitative estimate of drug-likeness (QED) is 0.511. The minimum Gasteiger partial charge on any atom is -0.449 e. The normalized spacial score (nSPS) is 16.0. The molecule has 1 aromatic rings. The molecule has 0 spiro atoms. The Kier molecular flexibility index (Phi) is 7.89. The fourth-order valence-electron chi connectivity index (χ4n) is 3.54. The Hall–Kier alpha value is -2.10. The van der Waals surface area contributed by atoms with Crippen LogP contribution in [-0.4, -0.2) is 18.5 Å². The highest BCUT2D eigenvalue weighted by atomic mass is 16.6. The van der Waals surface area contributed by atoms with Gasteiger partial charge in [0.25, 0.3) is 0 Å². The SMILES string of the molecule is CCCCCCCCC(=O)C1C(C)=CN(C(=O)OCC)c2ccccc21. The Morgan fingerprint density at radius 3 is 2.46 bits per heavy atom. The van der Waals surface area contributed by atoms with Crippen LogP contribution in [0.2, 0.25) is 0 Å². The van der Waals surface area contributed by atoms with Gasteiger partial charge in [-0.25, -0.2) is 4.79 Å². The van der Waals surface area contributed by atoms with Crippen molar-refractivity contribution in [1.29, 1.82) is 0 Å². The van der Waals surface area contributed by atoms with Crippen LogP contribution in [0.25, 0.3) is 0 Å². The second-order valence-corrected chi connectivity index (χ2v) is 6.92. The van der Waals surface area contributed by atoms with Gasteiger partial charge in [0, 0.05) is 12.6 Å². The number of ketones is 1. The number of benzene rings is 1. The van der Waals surface area contributed by atoms with Gasteiger partial charge in [0.15, 0.2) is 0 Å². The van der Waals surface area contributed by atoms with Gasteiger partial charge in [-0.1, -0.05) is 57.2 Å². The number of carbonyl (C=O) groups excluding carboxylic acids is 2. The number of nitrogens with zero attached hydrogens (tertiary/aromatic N) is 1. The molecule has 1 unspecified atom stereocenters. The molecule has 0 radical (unpaired) electrons. The molecule has 1 aromatic carbocycles. The van der Waals surface area contributed by atoms with Crippen molar-refractivity contribution < 1.29 is 14.3 Å². The molecule has 1 heterocycles. The average molecular weight is 357 g/mol. The Morgan fingerprint density at radius 2 is 1.73 bits per heavy atom. The maximum atomic E-state index is 12.9. The summed E-state index contributed by atoms with van der Waals surface area (Å²) >= 11 is 0. The summed E-state index contributed by atoms with van der Waals surface area (Å²) in [6.45, 7) is 6.24. The largest absolute Gasteiger partial charge is 0.449 e. The number of Topliss-reactive ketones (excluding diaryl/α,β-unsaturated/α-hetero) is 1. The van der Waals surface area contributed by atoms with Crippen LogP contribution in [0.5, 0.6) is 0 Å². The van der Waals surface area contributed by atoms with E-state index in [0.29, 0.717) is 13.0 Å². The van der Waals surface area contributed by atoms with E-state index in [2.05, 4.69) is 6.92 Å². The van der Waals surface area contributed by atoms with Crippen molar-refractivity contribution in [2.75, 3.05) is 11.5 Å². The molecule has 0 bridgehead atoms. The maximum absolute atomic E-state index is 12.9. The highest BCUT2D eigenvalue weighted by molar-refractivity contribution is 5.97. The van der Waals surface area contributed by atoms with Gasteiger partial charge in [-0.3, -0.25) is 9.69 Å². The summed E-state index contributed by atoms with van der Waals surface area (Å²) in [6, 6.07) is 7.63. The number of hydrogen-bond donors (Lipinski definition) is 0. The van der Waals surface area contributed by atoms with Crippen molar-refractivity contribution in [2.24, 2.45) is 0 Å². The second-order valence-electron chi connectivity index (χ2n) is 6.92. The van der Waals surface area contributed by atoms with E-state index < -0.39 is 6.09 Å². The smallest absolute Gasteiger partial charge is 0.418 e. The Labute approximate surface area is 157 Å². The zero-order chi connectivity index (χ0) is 18.9. The van der Waals surface area contributed by atoms with Gasteiger partial charge >= 0.3 is 6.09 Å². The van der Waals surface area contributed by atoms with Gasteiger partial charge in [-0.05, 0) is 37.5 Å². The summed E-state index contributed by atoms with van der Waals surface area (Å²) in [6.07, 6.45) is 8.96. The van der Waals surface area contributed by atoms with E-state index in [1.807, 2.05) is 31.2 Å². The first-order valence-corrected chi connectivity index (χ1v) is 9.86. The predicted molar refractivity (Wildman–Crippen MR) is 105 cm³/mol. The molecule has 1 atom stereocenters. The zero-order valence-electron chi connectivity index (χ0n) is 16.3. The van der Waals surface area contributed by atoms with E-state index in [0.717, 1.165) is 29.7 Å². The number of allylic oxidation sites excluding steroid dienone is 1. The molecule has 2 rings (SSSR count). The molecule has 0 N–H and O–H groups in total. The highest BCUT2D eigenvalue weighted by Gasteiger charge is 2.32. The van der Waals surface area contributed by atoms with E-state index >= 15 is 0 Å². The van der Waals surface area contributed by atoms with Gasteiger partial charge < -0.3 is 4.74 Å². The lowest BCUT2D eigenvalue weighted by molar-refractivity contribution is -0.119. The lowest BCUT2D eigenvalue weighted by atomic mass is 9.83. The van der Waals surface area contributed by atoms with Crippen molar-refractivity contribution in [3.05, 3.63) is 41.6 Å². The predicted octanol–water partition coefficient (Wildman–Crippen LogP) is 5.97. The molecule has 142 valence electrons. The molecule has 1 aliphatic rings. The van der Waals surface area contributed by atoms with Crippen molar-refractivity contribution in [1.82, 2.24) is 0 Å². The fraction of sp³-hybridized carbons (Fsp3) is 0.545. The average Bonchev–Trinajstić information content (AvgIpc) is 2.64. The first-order chi connectivity index (χ1) is 12.6. The first kappa shape index (κ1) is 20.2. The topological polar surface area (TPSA) is 46.6 Å². The fourth-order valence-corrected chi connectivity index (χ4v) is 3.54. The molecular formula is C22H31NO3. The number of hydrogen-bond acceptors (Lipinski definition) is 3. The van der Waals surface area contributed by atoms with Gasteiger partial charge in [-0.15, -0.1) is 0 Å². The van der Waals surface area contributed by atoms with Crippen LogP contribution in [-0.2, 0) is 9.53 Å². The molecule has 0 aliphatic carbocycles. The van der Waals surface area contributed by atoms with Crippen molar-refractivity contribution in [2.45, 2.75) is 71.6 Å². The van der Waals surface area contributed by atoms with Gasteiger partial charge in [0.05, 0.1) is 18.2 Å². The van der Waals surface area contributed by atoms with Crippen LogP contribution in [0.15, 0.2) is 36.0 Å². The third-order valence-electron chi connectivity index (χ3n) is 4.86. The summed E-state index contributed by atoms with van der Waals surface area (Å²) < 4.78 is 5.15. The number of unbranched alkanes of at least 4 members (excludes halogenated alkanes) is 5. The summed E-state index contributed by atoms with van der Waals surface area (Å²) in [5, 5.41) is 0. The molecule has 1 aliphatic heterocycles. The lowest BCUT2D eigenvalue weighted by Crippen LogP contribution is -2.32. The van der Waals surface area contributed by atoms with Gasteiger partial charge in [0.2, 0.25) is 0 Å². The third kappa shape index (κ3) is 4.96. The number of para-hydroxylation sites is 1. The second kappa shape index (κ2) is 10.1. The number of fused-ring (bicyclic) bond motifs is 1.